The van der Waals surface area contributed by atoms with E-state index in [-0.39, 0.29) is 18.0 Å². The monoisotopic (exact) mass is 438 g/mol. The van der Waals surface area contributed by atoms with Crippen LogP contribution in [-0.4, -0.2) is 11.8 Å². The topological polar surface area (TPSA) is 52.6 Å². The summed E-state index contributed by atoms with van der Waals surface area (Å²) in [7, 11) is 0. The summed E-state index contributed by atoms with van der Waals surface area (Å²) in [6, 6.07) is 17.5. The van der Waals surface area contributed by atoms with Crippen LogP contribution in [0.3, 0.4) is 0 Å². The van der Waals surface area contributed by atoms with Crippen LogP contribution in [0.1, 0.15) is 27.0 Å². The molecule has 0 N–H and O–H groups in total. The van der Waals surface area contributed by atoms with Gasteiger partial charge in [-0.05, 0) is 47.9 Å². The minimum atomic E-state index is -0.395. The van der Waals surface area contributed by atoms with E-state index in [0.717, 1.165) is 5.56 Å². The molecular weight excluding hydrogens is 423 g/mol. The van der Waals surface area contributed by atoms with Crippen molar-refractivity contribution in [2.24, 2.45) is 0 Å². The van der Waals surface area contributed by atoms with Crippen molar-refractivity contribution >= 4 is 41.0 Å². The number of halogens is 2. The lowest BCUT2D eigenvalue weighted by Gasteiger charge is -2.08. The van der Waals surface area contributed by atoms with E-state index in [1.54, 1.807) is 43.3 Å². The van der Waals surface area contributed by atoms with Gasteiger partial charge >= 0.3 is 5.97 Å². The highest BCUT2D eigenvalue weighted by Crippen LogP contribution is 2.38. The van der Waals surface area contributed by atoms with Gasteiger partial charge in [-0.25, -0.2) is 0 Å². The fourth-order valence-electron chi connectivity index (χ4n) is 3.23. The molecule has 4 rings (SSSR count). The van der Waals surface area contributed by atoms with E-state index in [4.69, 9.17) is 32.7 Å². The first-order valence-corrected chi connectivity index (χ1v) is 9.95. The molecule has 0 unspecified atom stereocenters. The van der Waals surface area contributed by atoms with Crippen LogP contribution in [-0.2, 0) is 11.2 Å². The second kappa shape index (κ2) is 8.34. The van der Waals surface area contributed by atoms with E-state index < -0.39 is 5.97 Å². The molecule has 3 aromatic carbocycles. The highest BCUT2D eigenvalue weighted by atomic mass is 35.5. The Morgan fingerprint density at radius 2 is 1.83 bits per heavy atom. The molecule has 0 aliphatic carbocycles. The van der Waals surface area contributed by atoms with Gasteiger partial charge in [0, 0.05) is 16.1 Å². The Labute approximate surface area is 183 Å². The lowest BCUT2D eigenvalue weighted by Crippen LogP contribution is -2.11. The second-order valence-corrected chi connectivity index (χ2v) is 7.70. The summed E-state index contributed by atoms with van der Waals surface area (Å²) in [6.45, 7) is 1.77. The zero-order valence-corrected chi connectivity index (χ0v) is 17.5. The zero-order valence-electron chi connectivity index (χ0n) is 15.9. The maximum absolute atomic E-state index is 12.8. The van der Waals surface area contributed by atoms with Crippen molar-refractivity contribution < 1.29 is 19.1 Å². The number of carbonyl (C=O) groups excluding carboxylic acids is 2. The van der Waals surface area contributed by atoms with Gasteiger partial charge in [0.2, 0.25) is 5.78 Å². The summed E-state index contributed by atoms with van der Waals surface area (Å²) in [5.41, 5.74) is 2.57. The first-order valence-electron chi connectivity index (χ1n) is 9.19. The van der Waals surface area contributed by atoms with E-state index in [0.29, 0.717) is 38.2 Å². The number of ketones is 1. The average molecular weight is 439 g/mol. The summed E-state index contributed by atoms with van der Waals surface area (Å²) in [5, 5.41) is 0.913. The Bertz CT molecular complexity index is 1180. The van der Waals surface area contributed by atoms with E-state index in [1.165, 1.54) is 0 Å². The Kier molecular flexibility index (Phi) is 5.62. The SMILES string of the molecule is Cc1cc(OC(=O)Cc2ccccc2)cc2c1C(=O)/C(=C/c1ccc(Cl)cc1Cl)O2. The van der Waals surface area contributed by atoms with Gasteiger partial charge in [-0.2, -0.15) is 0 Å². The van der Waals surface area contributed by atoms with Gasteiger partial charge < -0.3 is 9.47 Å². The molecule has 4 nitrogen and oxygen atoms in total. The number of rotatable bonds is 4. The number of benzene rings is 3. The minimum absolute atomic E-state index is 0.144. The normalized spacial score (nSPS) is 13.8. The molecule has 0 aromatic heterocycles. The first kappa shape index (κ1) is 20.2. The quantitative estimate of drug-likeness (QED) is 0.282. The van der Waals surface area contributed by atoms with Gasteiger partial charge in [0.15, 0.2) is 5.76 Å². The Morgan fingerprint density at radius 3 is 2.57 bits per heavy atom. The number of fused-ring (bicyclic) bond motifs is 1. The van der Waals surface area contributed by atoms with Crippen LogP contribution in [0, 0.1) is 6.92 Å². The van der Waals surface area contributed by atoms with Crippen LogP contribution in [0.2, 0.25) is 10.0 Å². The maximum Gasteiger partial charge on any atom is 0.315 e. The molecule has 0 fully saturated rings. The van der Waals surface area contributed by atoms with Gasteiger partial charge in [-0.3, -0.25) is 9.59 Å². The smallest absolute Gasteiger partial charge is 0.315 e. The molecule has 0 radical (unpaired) electrons. The van der Waals surface area contributed by atoms with Crippen LogP contribution in [0.4, 0.5) is 0 Å². The predicted octanol–water partition coefficient (Wildman–Crippen LogP) is 6.07. The molecule has 6 heteroatoms. The van der Waals surface area contributed by atoms with Crippen molar-refractivity contribution in [1.82, 2.24) is 0 Å². The fourth-order valence-corrected chi connectivity index (χ4v) is 3.69. The summed E-state index contributed by atoms with van der Waals surface area (Å²) < 4.78 is 11.2. The van der Waals surface area contributed by atoms with Crippen LogP contribution in [0.5, 0.6) is 11.5 Å². The zero-order chi connectivity index (χ0) is 21.3. The molecule has 0 saturated carbocycles. The number of hydrogen-bond donors (Lipinski definition) is 0. The Balaban J connectivity index is 1.56. The summed E-state index contributed by atoms with van der Waals surface area (Å²) in [4.78, 5) is 25.1. The molecule has 1 aliphatic heterocycles. The summed E-state index contributed by atoms with van der Waals surface area (Å²) >= 11 is 12.1. The molecule has 0 bridgehead atoms. The minimum Gasteiger partial charge on any atom is -0.452 e. The molecule has 30 heavy (non-hydrogen) atoms. The lowest BCUT2D eigenvalue weighted by atomic mass is 10.0. The number of Topliss-reactive ketones (excluding diaryl/α,β-unsaturated/α-hetero) is 1. The van der Waals surface area contributed by atoms with E-state index in [1.807, 2.05) is 30.3 Å². The van der Waals surface area contributed by atoms with Crippen LogP contribution < -0.4 is 9.47 Å². The molecule has 1 aliphatic rings. The highest BCUT2D eigenvalue weighted by molar-refractivity contribution is 6.35. The number of hydrogen-bond acceptors (Lipinski definition) is 4. The number of ether oxygens (including phenoxy) is 2. The number of carbonyl (C=O) groups is 2. The second-order valence-electron chi connectivity index (χ2n) is 6.86. The molecule has 1 heterocycles. The van der Waals surface area contributed by atoms with Gasteiger partial charge in [-0.1, -0.05) is 59.6 Å². The van der Waals surface area contributed by atoms with Gasteiger partial charge in [0.25, 0.3) is 0 Å². The molecule has 3 aromatic rings. The Hall–Kier alpha value is -3.08. The maximum atomic E-state index is 12.8. The van der Waals surface area contributed by atoms with Crippen molar-refractivity contribution in [1.29, 1.82) is 0 Å². The molecule has 0 spiro atoms. The van der Waals surface area contributed by atoms with Crippen molar-refractivity contribution in [2.45, 2.75) is 13.3 Å². The third kappa shape index (κ3) is 4.25. The number of aryl methyl sites for hydroxylation is 1. The van der Waals surface area contributed by atoms with Crippen molar-refractivity contribution in [3.8, 4) is 11.5 Å². The largest absolute Gasteiger partial charge is 0.452 e. The first-order chi connectivity index (χ1) is 14.4. The van der Waals surface area contributed by atoms with E-state index in [9.17, 15) is 9.59 Å². The summed E-state index contributed by atoms with van der Waals surface area (Å²) in [5.74, 6) is 0.166. The third-order valence-electron chi connectivity index (χ3n) is 4.62. The van der Waals surface area contributed by atoms with Gasteiger partial charge in [-0.15, -0.1) is 0 Å². The number of esters is 1. The highest BCUT2D eigenvalue weighted by Gasteiger charge is 2.30. The number of allylic oxidation sites excluding steroid dienone is 1. The van der Waals surface area contributed by atoms with E-state index >= 15 is 0 Å². The van der Waals surface area contributed by atoms with Gasteiger partial charge in [0.05, 0.1) is 12.0 Å². The Morgan fingerprint density at radius 1 is 1.07 bits per heavy atom. The standard InChI is InChI=1S/C24H16Cl2O4/c1-14-9-18(29-22(27)10-15-5-3-2-4-6-15)13-20-23(14)24(28)21(30-20)11-16-7-8-17(25)12-19(16)26/h2-9,11-13H,10H2,1H3/b21-11-. The third-order valence-corrected chi connectivity index (χ3v) is 5.18. The van der Waals surface area contributed by atoms with Crippen LogP contribution in [0.25, 0.3) is 6.08 Å². The van der Waals surface area contributed by atoms with Crippen molar-refractivity contribution in [2.75, 3.05) is 0 Å². The average Bonchev–Trinajstić information content (AvgIpc) is 3.00. The molecule has 150 valence electrons. The molecule has 0 saturated heterocycles. The van der Waals surface area contributed by atoms with Gasteiger partial charge in [0.1, 0.15) is 11.5 Å². The fraction of sp³-hybridized carbons (Fsp3) is 0.0833. The van der Waals surface area contributed by atoms with Crippen molar-refractivity contribution in [3.63, 3.8) is 0 Å². The molecule has 0 amide bonds. The predicted molar refractivity (Wildman–Crippen MR) is 116 cm³/mol. The molecular formula is C24H16Cl2O4. The van der Waals surface area contributed by atoms with E-state index in [2.05, 4.69) is 0 Å². The van der Waals surface area contributed by atoms with Crippen LogP contribution >= 0.6 is 23.2 Å². The van der Waals surface area contributed by atoms with Crippen molar-refractivity contribution in [3.05, 3.63) is 98.7 Å². The summed E-state index contributed by atoms with van der Waals surface area (Å²) in [6.07, 6.45) is 1.72. The lowest BCUT2D eigenvalue weighted by molar-refractivity contribution is -0.133. The van der Waals surface area contributed by atoms with Crippen LogP contribution in [0.15, 0.2) is 66.4 Å². The molecule has 0 atom stereocenters.